The van der Waals surface area contributed by atoms with Crippen LogP contribution in [-0.4, -0.2) is 29.7 Å². The first kappa shape index (κ1) is 15.4. The maximum absolute atomic E-state index is 12.4. The van der Waals surface area contributed by atoms with Gasteiger partial charge in [0.05, 0.1) is 10.5 Å². The van der Waals surface area contributed by atoms with Crippen molar-refractivity contribution in [2.45, 2.75) is 25.7 Å². The van der Waals surface area contributed by atoms with Crippen molar-refractivity contribution in [3.63, 3.8) is 0 Å². The summed E-state index contributed by atoms with van der Waals surface area (Å²) in [4.78, 5) is 11.1. The van der Waals surface area contributed by atoms with Crippen LogP contribution in [0, 0.1) is 20.8 Å². The van der Waals surface area contributed by atoms with Gasteiger partial charge in [-0.1, -0.05) is 17.4 Å². The van der Waals surface area contributed by atoms with E-state index in [1.807, 2.05) is 0 Å². The van der Waals surface area contributed by atoms with Crippen LogP contribution in [0.3, 0.4) is 0 Å². The van der Waals surface area contributed by atoms with Crippen molar-refractivity contribution in [2.75, 3.05) is 4.72 Å². The molecule has 1 heterocycles. The molecule has 0 unspecified atom stereocenters. The van der Waals surface area contributed by atoms with Gasteiger partial charge in [0, 0.05) is 0 Å². The zero-order valence-electron chi connectivity index (χ0n) is 11.5. The molecule has 0 saturated carbocycles. The van der Waals surface area contributed by atoms with E-state index < -0.39 is 16.0 Å². The number of aryl methyl sites for hydroxylation is 3. The van der Waals surface area contributed by atoms with Crippen LogP contribution in [-0.2, 0) is 10.0 Å². The fourth-order valence-corrected chi connectivity index (χ4v) is 3.94. The third kappa shape index (κ3) is 3.19. The predicted octanol–water partition coefficient (Wildman–Crippen LogP) is 1.96. The lowest BCUT2D eigenvalue weighted by atomic mass is 10.1. The summed E-state index contributed by atoms with van der Waals surface area (Å²) in [6.07, 6.45) is 0. The van der Waals surface area contributed by atoms with Crippen LogP contribution in [0.5, 0.6) is 0 Å². The first-order valence-corrected chi connectivity index (χ1v) is 8.18. The summed E-state index contributed by atoms with van der Waals surface area (Å²) in [5, 5.41) is 17.3. The highest BCUT2D eigenvalue weighted by Crippen LogP contribution is 2.24. The Bertz CT molecular complexity index is 812. The van der Waals surface area contributed by atoms with E-state index in [1.165, 1.54) is 6.07 Å². The van der Waals surface area contributed by atoms with E-state index in [4.69, 9.17) is 5.11 Å². The Kier molecular flexibility index (Phi) is 3.97. The Morgan fingerprint density at radius 2 is 1.86 bits per heavy atom. The normalized spacial score (nSPS) is 11.4. The van der Waals surface area contributed by atoms with Gasteiger partial charge >= 0.3 is 5.97 Å². The van der Waals surface area contributed by atoms with Crippen molar-refractivity contribution in [3.8, 4) is 0 Å². The lowest BCUT2D eigenvalue weighted by molar-refractivity contribution is 0.0696. The van der Waals surface area contributed by atoms with Crippen molar-refractivity contribution in [2.24, 2.45) is 0 Å². The summed E-state index contributed by atoms with van der Waals surface area (Å²) in [5.74, 6) is -1.17. The maximum Gasteiger partial charge on any atom is 0.335 e. The quantitative estimate of drug-likeness (QED) is 0.888. The van der Waals surface area contributed by atoms with Gasteiger partial charge < -0.3 is 5.11 Å². The number of sulfonamides is 1. The summed E-state index contributed by atoms with van der Waals surface area (Å²) >= 11 is 1.10. The minimum Gasteiger partial charge on any atom is -0.478 e. The lowest BCUT2D eigenvalue weighted by Gasteiger charge is -2.11. The number of aromatic nitrogens is 2. The van der Waals surface area contributed by atoms with E-state index in [0.717, 1.165) is 17.4 Å². The second-order valence-electron chi connectivity index (χ2n) is 4.47. The van der Waals surface area contributed by atoms with E-state index in [1.54, 1.807) is 20.8 Å². The molecule has 0 aliphatic rings. The van der Waals surface area contributed by atoms with Crippen molar-refractivity contribution in [3.05, 3.63) is 33.8 Å². The summed E-state index contributed by atoms with van der Waals surface area (Å²) < 4.78 is 27.0. The number of carboxylic acid groups (broad SMARTS) is 1. The molecular formula is C12H13N3O4S2. The van der Waals surface area contributed by atoms with Gasteiger partial charge in [0.2, 0.25) is 5.13 Å². The zero-order valence-corrected chi connectivity index (χ0v) is 13.2. The van der Waals surface area contributed by atoms with Crippen molar-refractivity contribution >= 4 is 32.5 Å². The van der Waals surface area contributed by atoms with Crippen LogP contribution in [0.15, 0.2) is 17.0 Å². The SMILES string of the molecule is Cc1nnc(NS(=O)(=O)c2cc(C(=O)O)c(C)cc2C)s1. The average molecular weight is 327 g/mol. The summed E-state index contributed by atoms with van der Waals surface area (Å²) in [5.41, 5.74) is 0.923. The van der Waals surface area contributed by atoms with Gasteiger partial charge in [0.25, 0.3) is 10.0 Å². The van der Waals surface area contributed by atoms with E-state index in [9.17, 15) is 13.2 Å². The number of hydrogen-bond donors (Lipinski definition) is 2. The molecule has 0 aliphatic carbocycles. The molecule has 0 radical (unpaired) electrons. The maximum atomic E-state index is 12.4. The zero-order chi connectivity index (χ0) is 15.8. The number of carboxylic acids is 1. The Labute approximate surface area is 125 Å². The number of nitrogens with one attached hydrogen (secondary N) is 1. The third-order valence-electron chi connectivity index (χ3n) is 2.79. The molecule has 0 spiro atoms. The van der Waals surface area contributed by atoms with E-state index in [0.29, 0.717) is 16.1 Å². The summed E-state index contributed by atoms with van der Waals surface area (Å²) in [6.45, 7) is 4.93. The Hall–Kier alpha value is -2.00. The van der Waals surface area contributed by atoms with Gasteiger partial charge in [-0.2, -0.15) is 0 Å². The molecule has 1 aromatic carbocycles. The lowest BCUT2D eigenvalue weighted by Crippen LogP contribution is -2.15. The van der Waals surface area contributed by atoms with E-state index >= 15 is 0 Å². The monoisotopic (exact) mass is 327 g/mol. The molecule has 7 nitrogen and oxygen atoms in total. The van der Waals surface area contributed by atoms with Crippen LogP contribution in [0.2, 0.25) is 0 Å². The molecular weight excluding hydrogens is 314 g/mol. The largest absolute Gasteiger partial charge is 0.478 e. The highest BCUT2D eigenvalue weighted by atomic mass is 32.2. The van der Waals surface area contributed by atoms with E-state index in [2.05, 4.69) is 14.9 Å². The van der Waals surface area contributed by atoms with Crippen LogP contribution in [0.4, 0.5) is 5.13 Å². The topological polar surface area (TPSA) is 109 Å². The standard InChI is InChI=1S/C12H13N3O4S2/c1-6-4-7(2)10(5-9(6)11(16)17)21(18,19)15-12-14-13-8(3)20-12/h4-5H,1-3H3,(H,14,15)(H,16,17). The first-order valence-electron chi connectivity index (χ1n) is 5.88. The molecule has 21 heavy (non-hydrogen) atoms. The number of aromatic carboxylic acids is 1. The number of benzene rings is 1. The minimum atomic E-state index is -3.91. The van der Waals surface area contributed by atoms with Crippen LogP contribution in [0.1, 0.15) is 26.5 Å². The number of anilines is 1. The van der Waals surface area contributed by atoms with Gasteiger partial charge in [-0.05, 0) is 38.0 Å². The van der Waals surface area contributed by atoms with Crippen LogP contribution >= 0.6 is 11.3 Å². The third-order valence-corrected chi connectivity index (χ3v) is 5.15. The van der Waals surface area contributed by atoms with Crippen LogP contribution < -0.4 is 4.72 Å². The highest BCUT2D eigenvalue weighted by Gasteiger charge is 2.22. The Morgan fingerprint density at radius 1 is 1.19 bits per heavy atom. The smallest absolute Gasteiger partial charge is 0.335 e. The molecule has 0 atom stereocenters. The Balaban J connectivity index is 2.49. The Morgan fingerprint density at radius 3 is 2.38 bits per heavy atom. The van der Waals surface area contributed by atoms with Crippen molar-refractivity contribution in [1.82, 2.24) is 10.2 Å². The summed E-state index contributed by atoms with van der Waals surface area (Å²) in [6, 6.07) is 2.69. The second-order valence-corrected chi connectivity index (χ2v) is 7.30. The first-order chi connectivity index (χ1) is 9.70. The second kappa shape index (κ2) is 5.41. The van der Waals surface area contributed by atoms with Gasteiger partial charge in [0.1, 0.15) is 5.01 Å². The van der Waals surface area contributed by atoms with Gasteiger partial charge in [-0.3, -0.25) is 4.72 Å². The molecule has 0 saturated heterocycles. The molecule has 2 N–H and O–H groups in total. The highest BCUT2D eigenvalue weighted by molar-refractivity contribution is 7.93. The molecule has 0 aliphatic heterocycles. The van der Waals surface area contributed by atoms with Gasteiger partial charge in [-0.25, -0.2) is 13.2 Å². The average Bonchev–Trinajstić information content (AvgIpc) is 2.72. The molecule has 0 amide bonds. The van der Waals surface area contributed by atoms with Crippen molar-refractivity contribution in [1.29, 1.82) is 0 Å². The number of hydrogen-bond acceptors (Lipinski definition) is 6. The summed E-state index contributed by atoms with van der Waals surface area (Å²) in [7, 11) is -3.91. The van der Waals surface area contributed by atoms with Gasteiger partial charge in [0.15, 0.2) is 0 Å². The number of rotatable bonds is 4. The van der Waals surface area contributed by atoms with E-state index in [-0.39, 0.29) is 15.6 Å². The molecule has 1 aromatic heterocycles. The fraction of sp³-hybridized carbons (Fsp3) is 0.250. The molecule has 0 bridgehead atoms. The molecule has 2 aromatic rings. The van der Waals surface area contributed by atoms with Crippen LogP contribution in [0.25, 0.3) is 0 Å². The fourth-order valence-electron chi connectivity index (χ4n) is 1.86. The molecule has 9 heteroatoms. The predicted molar refractivity (Wildman–Crippen MR) is 78.3 cm³/mol. The number of carbonyl (C=O) groups is 1. The molecule has 0 fully saturated rings. The van der Waals surface area contributed by atoms with Crippen molar-refractivity contribution < 1.29 is 18.3 Å². The molecule has 2 rings (SSSR count). The number of nitrogens with zero attached hydrogens (tertiary/aromatic N) is 2. The van der Waals surface area contributed by atoms with Gasteiger partial charge in [-0.15, -0.1) is 10.2 Å². The minimum absolute atomic E-state index is 0.0468. The molecule has 112 valence electrons.